The van der Waals surface area contributed by atoms with Gasteiger partial charge in [0.05, 0.1) is 33.8 Å². The van der Waals surface area contributed by atoms with Crippen LogP contribution in [0.1, 0.15) is 25.2 Å². The number of fused-ring (bicyclic) bond motifs is 2. The summed E-state index contributed by atoms with van der Waals surface area (Å²) in [7, 11) is 0. The zero-order valence-corrected chi connectivity index (χ0v) is 24.4. The molecule has 0 saturated carbocycles. The molecular formula is C36H30N4O4. The summed E-state index contributed by atoms with van der Waals surface area (Å²) in [5.41, 5.74) is 4.38. The van der Waals surface area contributed by atoms with Crippen LogP contribution in [0.5, 0.6) is 11.5 Å². The van der Waals surface area contributed by atoms with E-state index in [1.54, 1.807) is 48.5 Å². The Morgan fingerprint density at radius 1 is 0.545 bits per heavy atom. The number of para-hydroxylation sites is 2. The Morgan fingerprint density at radius 3 is 1.64 bits per heavy atom. The molecule has 0 aliphatic heterocycles. The van der Waals surface area contributed by atoms with Crippen molar-refractivity contribution >= 4 is 45.0 Å². The lowest BCUT2D eigenvalue weighted by Gasteiger charge is -2.33. The Hall–Kier alpha value is -5.76. The van der Waals surface area contributed by atoms with Gasteiger partial charge in [0.1, 0.15) is 24.7 Å². The zero-order valence-electron chi connectivity index (χ0n) is 24.4. The highest BCUT2D eigenvalue weighted by Gasteiger charge is 2.25. The fourth-order valence-electron chi connectivity index (χ4n) is 4.96. The highest BCUT2D eigenvalue weighted by atomic mass is 16.5. The van der Waals surface area contributed by atoms with Gasteiger partial charge in [0.15, 0.2) is 0 Å². The molecule has 218 valence electrons. The van der Waals surface area contributed by atoms with Gasteiger partial charge in [-0.15, -0.1) is 0 Å². The van der Waals surface area contributed by atoms with Gasteiger partial charge in [-0.1, -0.05) is 54.6 Å². The van der Waals surface area contributed by atoms with E-state index in [2.05, 4.69) is 9.97 Å². The average Bonchev–Trinajstić information content (AvgIpc) is 3.05. The number of pyridine rings is 2. The molecule has 0 radical (unpaired) electrons. The molecule has 8 nitrogen and oxygen atoms in total. The van der Waals surface area contributed by atoms with Crippen LogP contribution >= 0.6 is 0 Å². The van der Waals surface area contributed by atoms with Crippen LogP contribution in [0.15, 0.2) is 121 Å². The number of hydrogen-bond acceptors (Lipinski definition) is 6. The first-order chi connectivity index (χ1) is 21.4. The maximum atomic E-state index is 12.9. The Kier molecular flexibility index (Phi) is 8.14. The van der Waals surface area contributed by atoms with Crippen molar-refractivity contribution in [3.63, 3.8) is 0 Å². The summed E-state index contributed by atoms with van der Waals surface area (Å²) in [6, 6.07) is 37.8. The number of aromatic nitrogens is 2. The summed E-state index contributed by atoms with van der Waals surface area (Å²) >= 11 is 0. The van der Waals surface area contributed by atoms with Gasteiger partial charge < -0.3 is 9.47 Å². The van der Waals surface area contributed by atoms with Crippen molar-refractivity contribution in [1.29, 1.82) is 0 Å². The second kappa shape index (κ2) is 12.6. The lowest BCUT2D eigenvalue weighted by molar-refractivity contribution is -0.121. The minimum Gasteiger partial charge on any atom is -0.487 e. The molecule has 2 aromatic heterocycles. The molecule has 44 heavy (non-hydrogen) atoms. The largest absolute Gasteiger partial charge is 0.487 e. The van der Waals surface area contributed by atoms with E-state index in [9.17, 15) is 9.59 Å². The van der Waals surface area contributed by atoms with Crippen LogP contribution in [0.4, 0.5) is 11.4 Å². The van der Waals surface area contributed by atoms with E-state index < -0.39 is 0 Å². The van der Waals surface area contributed by atoms with Crippen molar-refractivity contribution in [3.05, 3.63) is 133 Å². The summed E-state index contributed by atoms with van der Waals surface area (Å²) in [6.45, 7) is 3.37. The summed E-state index contributed by atoms with van der Waals surface area (Å²) < 4.78 is 12.0. The van der Waals surface area contributed by atoms with Crippen molar-refractivity contribution in [3.8, 4) is 11.5 Å². The topological polar surface area (TPSA) is 84.9 Å². The summed E-state index contributed by atoms with van der Waals surface area (Å²) in [5, 5.41) is 4.79. The highest BCUT2D eigenvalue weighted by Crippen LogP contribution is 2.29. The molecule has 4 aromatic carbocycles. The summed E-state index contributed by atoms with van der Waals surface area (Å²) in [6.07, 6.45) is 0. The van der Waals surface area contributed by atoms with Crippen molar-refractivity contribution in [2.75, 3.05) is 10.0 Å². The second-order valence-corrected chi connectivity index (χ2v) is 10.2. The molecule has 0 saturated heterocycles. The predicted molar refractivity (Wildman–Crippen MR) is 171 cm³/mol. The maximum absolute atomic E-state index is 12.9. The Morgan fingerprint density at radius 2 is 1.07 bits per heavy atom. The monoisotopic (exact) mass is 582 g/mol. The number of rotatable bonds is 8. The van der Waals surface area contributed by atoms with E-state index in [1.807, 2.05) is 72.8 Å². The third-order valence-electron chi connectivity index (χ3n) is 7.03. The quantitative estimate of drug-likeness (QED) is 0.176. The zero-order chi connectivity index (χ0) is 30.5. The van der Waals surface area contributed by atoms with E-state index >= 15 is 0 Å². The molecule has 0 fully saturated rings. The van der Waals surface area contributed by atoms with Gasteiger partial charge in [-0.2, -0.15) is 0 Å². The summed E-state index contributed by atoms with van der Waals surface area (Å²) in [4.78, 5) is 35.2. The SMILES string of the molecule is CC(=O)N(c1ccc(OCc2ccc3ccccc3n2)cc1)N(C(C)=O)c1cccc(OCc2ccc3ccccc3n2)c1. The van der Waals surface area contributed by atoms with Gasteiger partial charge in [0.2, 0.25) is 11.8 Å². The van der Waals surface area contributed by atoms with E-state index in [0.717, 1.165) is 33.2 Å². The molecule has 2 amide bonds. The van der Waals surface area contributed by atoms with Crippen LogP contribution in [-0.4, -0.2) is 21.8 Å². The molecule has 8 heteroatoms. The highest BCUT2D eigenvalue weighted by molar-refractivity contribution is 6.05. The van der Waals surface area contributed by atoms with E-state index in [0.29, 0.717) is 29.5 Å². The standard InChI is InChI=1S/C36H30N4O4/c1-25(41)39(31-18-20-33(21-19-31)43-23-29-16-14-27-8-3-5-12-35(27)37-29)40(26(2)42)32-10-7-11-34(22-32)44-24-30-17-15-28-9-4-6-13-36(28)38-30/h3-22H,23-24H2,1-2H3. The lowest BCUT2D eigenvalue weighted by Crippen LogP contribution is -2.49. The minimum atomic E-state index is -0.337. The minimum absolute atomic E-state index is 0.251. The third-order valence-corrected chi connectivity index (χ3v) is 7.03. The molecule has 0 N–H and O–H groups in total. The molecule has 0 spiro atoms. The first-order valence-corrected chi connectivity index (χ1v) is 14.2. The van der Waals surface area contributed by atoms with Gasteiger partial charge in [-0.05, 0) is 60.7 Å². The van der Waals surface area contributed by atoms with Gasteiger partial charge in [0.25, 0.3) is 0 Å². The predicted octanol–water partition coefficient (Wildman–Crippen LogP) is 7.26. The molecule has 0 atom stereocenters. The maximum Gasteiger partial charge on any atom is 0.243 e. The van der Waals surface area contributed by atoms with Gasteiger partial charge in [-0.25, -0.2) is 20.0 Å². The molecule has 0 aliphatic rings. The Labute approximate surface area is 255 Å². The van der Waals surface area contributed by atoms with Crippen LogP contribution in [-0.2, 0) is 22.8 Å². The molecule has 0 aliphatic carbocycles. The Balaban J connectivity index is 1.17. The summed E-state index contributed by atoms with van der Waals surface area (Å²) in [5.74, 6) is 0.481. The fourth-order valence-corrected chi connectivity index (χ4v) is 4.96. The number of carbonyl (C=O) groups excluding carboxylic acids is 2. The Bertz CT molecular complexity index is 1960. The third kappa shape index (κ3) is 6.34. The van der Waals surface area contributed by atoms with Crippen LogP contribution in [0.25, 0.3) is 21.8 Å². The first kappa shape index (κ1) is 28.4. The smallest absolute Gasteiger partial charge is 0.243 e. The van der Waals surface area contributed by atoms with Crippen LogP contribution in [0.3, 0.4) is 0 Å². The molecule has 6 rings (SSSR count). The van der Waals surface area contributed by atoms with Gasteiger partial charge >= 0.3 is 0 Å². The fraction of sp³-hybridized carbons (Fsp3) is 0.111. The van der Waals surface area contributed by atoms with E-state index in [-0.39, 0.29) is 18.4 Å². The molecule has 6 aromatic rings. The normalized spacial score (nSPS) is 10.9. The van der Waals surface area contributed by atoms with Crippen LogP contribution in [0.2, 0.25) is 0 Å². The van der Waals surface area contributed by atoms with Crippen molar-refractivity contribution in [2.45, 2.75) is 27.1 Å². The average molecular weight is 583 g/mol. The first-order valence-electron chi connectivity index (χ1n) is 14.2. The van der Waals surface area contributed by atoms with E-state index in [1.165, 1.54) is 23.9 Å². The molecule has 0 bridgehead atoms. The second-order valence-electron chi connectivity index (χ2n) is 10.2. The molecular weight excluding hydrogens is 552 g/mol. The molecule has 2 heterocycles. The number of nitrogens with zero attached hydrogens (tertiary/aromatic N) is 4. The number of carbonyl (C=O) groups is 2. The van der Waals surface area contributed by atoms with Crippen molar-refractivity contribution in [1.82, 2.24) is 9.97 Å². The number of hydrazine groups is 1. The molecule has 0 unspecified atom stereocenters. The number of ether oxygens (including phenoxy) is 2. The van der Waals surface area contributed by atoms with Crippen molar-refractivity contribution in [2.24, 2.45) is 0 Å². The number of benzene rings is 4. The van der Waals surface area contributed by atoms with Gasteiger partial charge in [0, 0.05) is 30.7 Å². The van der Waals surface area contributed by atoms with Crippen LogP contribution < -0.4 is 19.5 Å². The number of amides is 2. The van der Waals surface area contributed by atoms with E-state index in [4.69, 9.17) is 9.47 Å². The van der Waals surface area contributed by atoms with Gasteiger partial charge in [-0.3, -0.25) is 9.59 Å². The van der Waals surface area contributed by atoms with Crippen LogP contribution in [0, 0.1) is 0 Å². The number of anilines is 2. The number of hydrogen-bond donors (Lipinski definition) is 0. The van der Waals surface area contributed by atoms with Crippen molar-refractivity contribution < 1.29 is 19.1 Å². The lowest BCUT2D eigenvalue weighted by atomic mass is 10.2.